The first-order chi connectivity index (χ1) is 4.72. The Labute approximate surface area is 84.4 Å². The van der Waals surface area contributed by atoms with Crippen LogP contribution in [0.15, 0.2) is 0 Å². The van der Waals surface area contributed by atoms with E-state index < -0.39 is 0 Å². The van der Waals surface area contributed by atoms with E-state index >= 15 is 0 Å². The molecular formula is C9H22NV-. The molecule has 0 aliphatic rings. The smallest absolute Gasteiger partial charge is 0.00327 e. The van der Waals surface area contributed by atoms with Gasteiger partial charge in [0.25, 0.3) is 0 Å². The molecule has 0 spiro atoms. The molecule has 0 N–H and O–H groups in total. The fourth-order valence-electron chi connectivity index (χ4n) is 0.532. The van der Waals surface area contributed by atoms with Gasteiger partial charge in [0, 0.05) is 24.6 Å². The van der Waals surface area contributed by atoms with Crippen molar-refractivity contribution in [3.8, 4) is 0 Å². The fourth-order valence-corrected chi connectivity index (χ4v) is 0.532. The molecule has 0 bridgehead atoms. The van der Waals surface area contributed by atoms with Crippen LogP contribution in [0.3, 0.4) is 0 Å². The Morgan fingerprint density at radius 2 is 1.73 bits per heavy atom. The molecule has 1 radical (unpaired) electrons. The summed E-state index contributed by atoms with van der Waals surface area (Å²) in [6, 6.07) is 0.687. The molecule has 1 atom stereocenters. The number of rotatable bonds is 3. The first-order valence-electron chi connectivity index (χ1n) is 4.21. The number of hydrogen-bond donors (Lipinski definition) is 0. The largest absolute Gasteiger partial charge is 0.333 e. The summed E-state index contributed by atoms with van der Waals surface area (Å²) in [7, 11) is 2.10. The molecule has 1 nitrogen and oxygen atoms in total. The quantitative estimate of drug-likeness (QED) is 0.625. The maximum Gasteiger partial charge on any atom is 0.00327 e. The number of hydrogen-bond acceptors (Lipinski definition) is 1. The molecular weight excluding hydrogens is 173 g/mol. The van der Waals surface area contributed by atoms with Crippen molar-refractivity contribution in [2.75, 3.05) is 13.6 Å². The Balaban J connectivity index is -0.000000196. The van der Waals surface area contributed by atoms with Crippen molar-refractivity contribution in [3.05, 3.63) is 6.92 Å². The van der Waals surface area contributed by atoms with E-state index in [4.69, 9.17) is 0 Å². The van der Waals surface area contributed by atoms with Gasteiger partial charge in [0.15, 0.2) is 0 Å². The Morgan fingerprint density at radius 1 is 1.36 bits per heavy atom. The molecule has 0 fully saturated rings. The van der Waals surface area contributed by atoms with E-state index in [0.29, 0.717) is 6.04 Å². The van der Waals surface area contributed by atoms with Crippen molar-refractivity contribution >= 4 is 0 Å². The van der Waals surface area contributed by atoms with Crippen LogP contribution in [0.5, 0.6) is 0 Å². The third kappa shape index (κ3) is 10.5. The average molecular weight is 195 g/mol. The molecule has 0 amide bonds. The monoisotopic (exact) mass is 195 g/mol. The molecule has 0 heterocycles. The van der Waals surface area contributed by atoms with Crippen molar-refractivity contribution in [3.63, 3.8) is 0 Å². The molecule has 0 aliphatic carbocycles. The summed E-state index contributed by atoms with van der Waals surface area (Å²) in [5.74, 6) is 0. The van der Waals surface area contributed by atoms with Crippen LogP contribution in [0.2, 0.25) is 0 Å². The second-order valence-corrected chi connectivity index (χ2v) is 2.24. The molecule has 0 saturated heterocycles. The van der Waals surface area contributed by atoms with E-state index in [1.165, 1.54) is 6.42 Å². The normalized spacial score (nSPS) is 11.2. The molecule has 69 valence electrons. The van der Waals surface area contributed by atoms with Crippen LogP contribution in [0.1, 0.15) is 34.1 Å². The molecule has 0 saturated carbocycles. The van der Waals surface area contributed by atoms with Crippen LogP contribution in [0.4, 0.5) is 0 Å². The molecule has 0 aliphatic heterocycles. The predicted octanol–water partition coefficient (Wildman–Crippen LogP) is 2.57. The zero-order valence-corrected chi connectivity index (χ0v) is 9.99. The van der Waals surface area contributed by atoms with E-state index in [2.05, 4.69) is 32.7 Å². The van der Waals surface area contributed by atoms with Crippen LogP contribution in [-0.2, 0) is 18.6 Å². The molecule has 0 aromatic carbocycles. The van der Waals surface area contributed by atoms with Crippen LogP contribution in [-0.4, -0.2) is 24.5 Å². The molecule has 1 unspecified atom stereocenters. The number of nitrogens with zero attached hydrogens (tertiary/aromatic N) is 1. The Kier molecular flexibility index (Phi) is 21.0. The second kappa shape index (κ2) is 13.2. The van der Waals surface area contributed by atoms with Crippen molar-refractivity contribution in [1.29, 1.82) is 0 Å². The van der Waals surface area contributed by atoms with E-state index in [1.54, 1.807) is 0 Å². The third-order valence-electron chi connectivity index (χ3n) is 1.70. The van der Waals surface area contributed by atoms with Gasteiger partial charge in [-0.15, -0.1) is 6.54 Å². The predicted molar refractivity (Wildman–Crippen MR) is 49.1 cm³/mol. The molecule has 11 heavy (non-hydrogen) atoms. The Morgan fingerprint density at radius 3 is 1.82 bits per heavy atom. The van der Waals surface area contributed by atoms with E-state index in [0.717, 1.165) is 6.54 Å². The minimum Gasteiger partial charge on any atom is -0.333 e. The van der Waals surface area contributed by atoms with Crippen molar-refractivity contribution in [2.45, 2.75) is 40.2 Å². The SMILES string of the molecule is CC.[CH2-]CN(C)C(C)CC.[V]. The summed E-state index contributed by atoms with van der Waals surface area (Å²) in [6.45, 7) is 13.1. The van der Waals surface area contributed by atoms with Gasteiger partial charge in [-0.05, 0) is 20.4 Å². The third-order valence-corrected chi connectivity index (χ3v) is 1.70. The maximum absolute atomic E-state index is 3.78. The zero-order chi connectivity index (χ0) is 8.57. The maximum atomic E-state index is 3.78. The summed E-state index contributed by atoms with van der Waals surface area (Å²) in [5.41, 5.74) is 0. The van der Waals surface area contributed by atoms with Gasteiger partial charge in [-0.1, -0.05) is 20.8 Å². The summed E-state index contributed by atoms with van der Waals surface area (Å²) >= 11 is 0. The first kappa shape index (κ1) is 17.6. The minimum atomic E-state index is 0. The van der Waals surface area contributed by atoms with Crippen LogP contribution >= 0.6 is 0 Å². The standard InChI is InChI=1S/C7H16N.C2H6.V/c1-5-7(3)8(4)6-2;1-2;/h7H,2,5-6H2,1,3-4H3;1-2H3;/q-1;;. The molecule has 0 aromatic rings. The van der Waals surface area contributed by atoms with E-state index in [-0.39, 0.29) is 18.6 Å². The summed E-state index contributed by atoms with van der Waals surface area (Å²) in [6.07, 6.45) is 1.21. The molecule has 0 aromatic heterocycles. The van der Waals surface area contributed by atoms with Gasteiger partial charge in [0.05, 0.1) is 0 Å². The van der Waals surface area contributed by atoms with Gasteiger partial charge in [0.1, 0.15) is 0 Å². The van der Waals surface area contributed by atoms with Crippen LogP contribution in [0, 0.1) is 6.92 Å². The van der Waals surface area contributed by atoms with Gasteiger partial charge in [0.2, 0.25) is 0 Å². The molecule has 0 rings (SSSR count). The summed E-state index contributed by atoms with van der Waals surface area (Å²) < 4.78 is 0. The van der Waals surface area contributed by atoms with E-state index in [9.17, 15) is 0 Å². The first-order valence-corrected chi connectivity index (χ1v) is 4.21. The second-order valence-electron chi connectivity index (χ2n) is 2.24. The Hall–Kier alpha value is 0.544. The van der Waals surface area contributed by atoms with Crippen molar-refractivity contribution in [1.82, 2.24) is 4.90 Å². The topological polar surface area (TPSA) is 3.24 Å². The van der Waals surface area contributed by atoms with Gasteiger partial charge >= 0.3 is 0 Å². The van der Waals surface area contributed by atoms with Gasteiger partial charge in [-0.25, -0.2) is 0 Å². The molecule has 2 heteroatoms. The minimum absolute atomic E-state index is 0. The van der Waals surface area contributed by atoms with Gasteiger partial charge in [-0.2, -0.15) is 0 Å². The van der Waals surface area contributed by atoms with E-state index in [1.807, 2.05) is 13.8 Å². The van der Waals surface area contributed by atoms with Gasteiger partial charge < -0.3 is 11.8 Å². The van der Waals surface area contributed by atoms with Crippen LogP contribution < -0.4 is 0 Å². The average Bonchev–Trinajstić information content (AvgIpc) is 2.05. The van der Waals surface area contributed by atoms with Crippen molar-refractivity contribution in [2.24, 2.45) is 0 Å². The van der Waals surface area contributed by atoms with Gasteiger partial charge in [-0.3, -0.25) is 0 Å². The fraction of sp³-hybridized carbons (Fsp3) is 0.889. The zero-order valence-electron chi connectivity index (χ0n) is 8.59. The summed E-state index contributed by atoms with van der Waals surface area (Å²) in [5, 5.41) is 0. The Bertz CT molecular complexity index is 49.5. The van der Waals surface area contributed by atoms with Crippen molar-refractivity contribution < 1.29 is 18.6 Å². The summed E-state index contributed by atoms with van der Waals surface area (Å²) in [4.78, 5) is 2.24. The van der Waals surface area contributed by atoms with Crippen LogP contribution in [0.25, 0.3) is 0 Å².